The summed E-state index contributed by atoms with van der Waals surface area (Å²) in [6.07, 6.45) is 1.55. The highest BCUT2D eigenvalue weighted by molar-refractivity contribution is 5.85. The minimum atomic E-state index is -0.346. The largest absolute Gasteiger partial charge is 0.484 e. The molecule has 35 heavy (non-hydrogen) atoms. The number of furan rings is 1. The fourth-order valence-corrected chi connectivity index (χ4v) is 3.78. The summed E-state index contributed by atoms with van der Waals surface area (Å²) in [5, 5.41) is 9.77. The summed E-state index contributed by atoms with van der Waals surface area (Å²) < 4.78 is 12.5. The number of carbonyl (C=O) groups is 1. The molecule has 0 spiro atoms. The zero-order chi connectivity index (χ0) is 24.2. The first-order valence-electron chi connectivity index (χ1n) is 11.6. The van der Waals surface area contributed by atoms with Gasteiger partial charge in [-0.2, -0.15) is 9.67 Å². The van der Waals surface area contributed by atoms with Crippen LogP contribution < -0.4 is 10.1 Å². The van der Waals surface area contributed by atoms with Gasteiger partial charge in [-0.3, -0.25) is 4.79 Å². The number of hydrogen-bond donors (Lipinski definition) is 1. The van der Waals surface area contributed by atoms with Crippen molar-refractivity contribution in [2.75, 3.05) is 11.9 Å². The van der Waals surface area contributed by atoms with Gasteiger partial charge >= 0.3 is 0 Å². The second-order valence-corrected chi connectivity index (χ2v) is 8.59. The van der Waals surface area contributed by atoms with Crippen LogP contribution in [0.1, 0.15) is 35.7 Å². The molecule has 0 saturated heterocycles. The van der Waals surface area contributed by atoms with E-state index in [9.17, 15) is 4.79 Å². The van der Waals surface area contributed by atoms with Crippen molar-refractivity contribution >= 4 is 22.6 Å². The minimum absolute atomic E-state index is 0.183. The molecular formula is C28H26N4O3. The molecule has 0 aliphatic rings. The summed E-state index contributed by atoms with van der Waals surface area (Å²) in [7, 11) is 0. The standard InChI is InChI=1S/C28H26N4O3/c1-19(2)21-11-9-20(10-12-21)17-29-28-30-27(25-8-5-15-34-25)31-32(28)26(33)18-35-24-14-13-22-6-3-4-7-23(22)16-24/h3-16,19H,17-18H2,1-2H3,(H,29,30,31). The molecule has 1 N–H and O–H groups in total. The first-order chi connectivity index (χ1) is 17.1. The van der Waals surface area contributed by atoms with Gasteiger partial charge in [0, 0.05) is 6.54 Å². The van der Waals surface area contributed by atoms with Gasteiger partial charge in [-0.1, -0.05) is 68.4 Å². The van der Waals surface area contributed by atoms with Gasteiger partial charge in [0.15, 0.2) is 12.4 Å². The Labute approximate surface area is 203 Å². The molecule has 0 radical (unpaired) electrons. The number of anilines is 1. The average Bonchev–Trinajstić information content (AvgIpc) is 3.56. The van der Waals surface area contributed by atoms with E-state index in [0.29, 0.717) is 35.7 Å². The molecule has 2 heterocycles. The number of nitrogens with zero attached hydrogens (tertiary/aromatic N) is 3. The van der Waals surface area contributed by atoms with Gasteiger partial charge in [0.05, 0.1) is 6.26 Å². The molecule has 0 amide bonds. The van der Waals surface area contributed by atoms with Gasteiger partial charge in [-0.25, -0.2) is 0 Å². The van der Waals surface area contributed by atoms with Crippen molar-refractivity contribution in [3.63, 3.8) is 0 Å². The third-order valence-electron chi connectivity index (χ3n) is 5.77. The Balaban J connectivity index is 1.33. The second kappa shape index (κ2) is 9.85. The van der Waals surface area contributed by atoms with Crippen LogP contribution in [0.5, 0.6) is 5.75 Å². The van der Waals surface area contributed by atoms with Crippen molar-refractivity contribution in [3.05, 3.63) is 96.3 Å². The van der Waals surface area contributed by atoms with E-state index < -0.39 is 0 Å². The molecule has 0 bridgehead atoms. The van der Waals surface area contributed by atoms with Crippen LogP contribution in [0.2, 0.25) is 0 Å². The topological polar surface area (TPSA) is 82.2 Å². The normalized spacial score (nSPS) is 11.2. The van der Waals surface area contributed by atoms with Gasteiger partial charge in [-0.15, -0.1) is 5.10 Å². The van der Waals surface area contributed by atoms with Crippen LogP contribution in [-0.4, -0.2) is 27.3 Å². The number of ether oxygens (including phenoxy) is 1. The van der Waals surface area contributed by atoms with Crippen LogP contribution >= 0.6 is 0 Å². The van der Waals surface area contributed by atoms with E-state index in [2.05, 4.69) is 53.5 Å². The summed E-state index contributed by atoms with van der Waals surface area (Å²) in [6, 6.07) is 25.6. The summed E-state index contributed by atoms with van der Waals surface area (Å²) in [5.74, 6) is 1.87. The van der Waals surface area contributed by atoms with Crippen molar-refractivity contribution in [2.45, 2.75) is 26.3 Å². The van der Waals surface area contributed by atoms with E-state index in [1.807, 2.05) is 42.5 Å². The molecule has 0 saturated carbocycles. The Kier molecular flexibility index (Phi) is 6.30. The average molecular weight is 467 g/mol. The number of aromatic nitrogens is 3. The molecule has 0 atom stereocenters. The van der Waals surface area contributed by atoms with Crippen molar-refractivity contribution in [3.8, 4) is 17.3 Å². The van der Waals surface area contributed by atoms with E-state index in [1.54, 1.807) is 18.4 Å². The van der Waals surface area contributed by atoms with Crippen molar-refractivity contribution in [1.82, 2.24) is 14.8 Å². The van der Waals surface area contributed by atoms with E-state index >= 15 is 0 Å². The van der Waals surface area contributed by atoms with E-state index in [0.717, 1.165) is 16.3 Å². The lowest BCUT2D eigenvalue weighted by atomic mass is 10.0. The Morgan fingerprint density at radius 2 is 1.80 bits per heavy atom. The molecule has 7 nitrogen and oxygen atoms in total. The molecule has 0 unspecified atom stereocenters. The first-order valence-corrected chi connectivity index (χ1v) is 11.6. The molecule has 176 valence electrons. The van der Waals surface area contributed by atoms with Crippen LogP contribution in [0, 0.1) is 0 Å². The summed E-state index contributed by atoms with van der Waals surface area (Å²) >= 11 is 0. The van der Waals surface area contributed by atoms with Gasteiger partial charge in [0.2, 0.25) is 11.8 Å². The highest BCUT2D eigenvalue weighted by Gasteiger charge is 2.19. The number of fused-ring (bicyclic) bond motifs is 1. The van der Waals surface area contributed by atoms with Crippen molar-refractivity contribution in [1.29, 1.82) is 0 Å². The first kappa shape index (κ1) is 22.4. The van der Waals surface area contributed by atoms with Crippen LogP contribution in [0.15, 0.2) is 89.5 Å². The fourth-order valence-electron chi connectivity index (χ4n) is 3.78. The maximum Gasteiger partial charge on any atom is 0.287 e. The van der Waals surface area contributed by atoms with Crippen LogP contribution in [0.4, 0.5) is 5.95 Å². The molecule has 7 heteroatoms. The summed E-state index contributed by atoms with van der Waals surface area (Å²) in [4.78, 5) is 17.6. The number of nitrogens with one attached hydrogen (secondary N) is 1. The number of benzene rings is 3. The summed E-state index contributed by atoms with van der Waals surface area (Å²) in [6.45, 7) is 4.64. The smallest absolute Gasteiger partial charge is 0.287 e. The quantitative estimate of drug-likeness (QED) is 0.296. The molecular weight excluding hydrogens is 440 g/mol. The Morgan fingerprint density at radius 3 is 2.54 bits per heavy atom. The molecule has 5 rings (SSSR count). The van der Waals surface area contributed by atoms with E-state index in [4.69, 9.17) is 9.15 Å². The number of rotatable bonds is 8. The lowest BCUT2D eigenvalue weighted by Gasteiger charge is -2.10. The Bertz CT molecular complexity index is 1440. The minimum Gasteiger partial charge on any atom is -0.484 e. The van der Waals surface area contributed by atoms with E-state index in [1.165, 1.54) is 10.2 Å². The lowest BCUT2D eigenvalue weighted by Crippen LogP contribution is -2.22. The molecule has 0 fully saturated rings. The third kappa shape index (κ3) is 5.09. The highest BCUT2D eigenvalue weighted by Crippen LogP contribution is 2.22. The van der Waals surface area contributed by atoms with Crippen molar-refractivity contribution in [2.24, 2.45) is 0 Å². The van der Waals surface area contributed by atoms with Crippen LogP contribution in [-0.2, 0) is 6.54 Å². The van der Waals surface area contributed by atoms with Gasteiger partial charge in [0.1, 0.15) is 5.75 Å². The zero-order valence-corrected chi connectivity index (χ0v) is 19.6. The molecule has 0 aliphatic heterocycles. The zero-order valence-electron chi connectivity index (χ0n) is 19.6. The number of carbonyl (C=O) groups excluding carboxylic acids is 1. The molecule has 3 aromatic carbocycles. The Morgan fingerprint density at radius 1 is 1.00 bits per heavy atom. The van der Waals surface area contributed by atoms with Crippen molar-refractivity contribution < 1.29 is 13.9 Å². The maximum atomic E-state index is 13.1. The Hall–Kier alpha value is -4.39. The second-order valence-electron chi connectivity index (χ2n) is 8.59. The van der Waals surface area contributed by atoms with Gasteiger partial charge in [0.25, 0.3) is 5.91 Å². The molecule has 0 aliphatic carbocycles. The lowest BCUT2D eigenvalue weighted by molar-refractivity contribution is 0.0824. The SMILES string of the molecule is CC(C)c1ccc(CNc2nc(-c3ccco3)nn2C(=O)COc2ccc3ccccc3c2)cc1. The number of hydrogen-bond acceptors (Lipinski definition) is 6. The predicted octanol–water partition coefficient (Wildman–Crippen LogP) is 6.15. The van der Waals surface area contributed by atoms with Gasteiger partial charge in [-0.05, 0) is 52.1 Å². The highest BCUT2D eigenvalue weighted by atomic mass is 16.5. The van der Waals surface area contributed by atoms with Crippen LogP contribution in [0.3, 0.4) is 0 Å². The predicted molar refractivity (Wildman–Crippen MR) is 136 cm³/mol. The molecule has 5 aromatic rings. The third-order valence-corrected chi connectivity index (χ3v) is 5.77. The van der Waals surface area contributed by atoms with Gasteiger partial charge < -0.3 is 14.5 Å². The fraction of sp³-hybridized carbons (Fsp3) is 0.179. The van der Waals surface area contributed by atoms with E-state index in [-0.39, 0.29) is 12.5 Å². The van der Waals surface area contributed by atoms with Crippen LogP contribution in [0.25, 0.3) is 22.4 Å². The monoisotopic (exact) mass is 466 g/mol. The summed E-state index contributed by atoms with van der Waals surface area (Å²) in [5.41, 5.74) is 2.35. The molecule has 2 aromatic heterocycles. The maximum absolute atomic E-state index is 13.1.